The molecule has 194 valence electrons. The topological polar surface area (TPSA) is 110 Å². The molecule has 0 fully saturated rings. The van der Waals surface area contributed by atoms with Crippen LogP contribution in [0.4, 0.5) is 5.13 Å². The van der Waals surface area contributed by atoms with E-state index in [1.54, 1.807) is 27.7 Å². The normalized spacial score (nSPS) is 16.0. The Hall–Kier alpha value is -3.37. The van der Waals surface area contributed by atoms with Crippen LogP contribution in [0.1, 0.15) is 80.6 Å². The fourth-order valence-corrected chi connectivity index (χ4v) is 6.11. The van der Waals surface area contributed by atoms with Crippen molar-refractivity contribution in [1.29, 1.82) is 0 Å². The monoisotopic (exact) mass is 539 g/mol. The zero-order chi connectivity index (χ0) is 27.2. The van der Waals surface area contributed by atoms with Crippen molar-refractivity contribution >= 4 is 45.5 Å². The molecule has 2 aromatic heterocycles. The number of carbonyl (C=O) groups is 3. The van der Waals surface area contributed by atoms with Crippen LogP contribution in [0, 0.1) is 20.8 Å². The van der Waals surface area contributed by atoms with Crippen molar-refractivity contribution in [2.24, 2.45) is 0 Å². The van der Waals surface area contributed by atoms with Gasteiger partial charge in [0, 0.05) is 0 Å². The van der Waals surface area contributed by atoms with E-state index < -0.39 is 29.5 Å². The fourth-order valence-electron chi connectivity index (χ4n) is 4.25. The van der Waals surface area contributed by atoms with Gasteiger partial charge in [-0.25, -0.2) is 14.8 Å². The Kier molecular flexibility index (Phi) is 7.09. The Morgan fingerprint density at radius 1 is 1.03 bits per heavy atom. The lowest BCUT2D eigenvalue weighted by Gasteiger charge is -2.26. The number of ether oxygens (including phenoxy) is 1. The zero-order valence-electron chi connectivity index (χ0n) is 21.8. The van der Waals surface area contributed by atoms with Crippen LogP contribution in [0.2, 0.25) is 0 Å². The van der Waals surface area contributed by atoms with Crippen molar-refractivity contribution in [3.8, 4) is 0 Å². The highest BCUT2D eigenvalue weighted by molar-refractivity contribution is 7.17. The Morgan fingerprint density at radius 3 is 2.19 bits per heavy atom. The predicted molar refractivity (Wildman–Crippen MR) is 144 cm³/mol. The molecular weight excluding hydrogens is 510 g/mol. The van der Waals surface area contributed by atoms with Crippen LogP contribution < -0.4 is 4.90 Å². The lowest BCUT2D eigenvalue weighted by molar-refractivity contribution is -0.117. The molecule has 10 heteroatoms. The Bertz CT molecular complexity index is 1430. The van der Waals surface area contributed by atoms with Gasteiger partial charge in [0.1, 0.15) is 4.88 Å². The maximum absolute atomic E-state index is 13.8. The van der Waals surface area contributed by atoms with Gasteiger partial charge in [-0.1, -0.05) is 56.4 Å². The highest BCUT2D eigenvalue weighted by atomic mass is 32.1. The number of aromatic nitrogens is 2. The summed E-state index contributed by atoms with van der Waals surface area (Å²) in [6, 6.07) is 6.68. The fraction of sp³-hybridized carbons (Fsp3) is 0.370. The lowest BCUT2D eigenvalue weighted by Crippen LogP contribution is -2.31. The SMILES string of the molecule is CCOC(=O)c1sc(N2C(=O)C(O)=C(C(=O)c3sc(C)nc3C)C2c2ccc(C(C)(C)C)cc2)nc1C. The molecule has 4 rings (SSSR count). The second-order valence-electron chi connectivity index (χ2n) is 9.82. The van der Waals surface area contributed by atoms with Gasteiger partial charge >= 0.3 is 5.97 Å². The summed E-state index contributed by atoms with van der Waals surface area (Å²) < 4.78 is 5.13. The Labute approximate surface area is 223 Å². The number of hydrogen-bond donors (Lipinski definition) is 1. The number of hydrogen-bond acceptors (Lipinski definition) is 9. The molecule has 8 nitrogen and oxygen atoms in total. The lowest BCUT2D eigenvalue weighted by atomic mass is 9.85. The number of benzene rings is 1. The summed E-state index contributed by atoms with van der Waals surface area (Å²) in [7, 11) is 0. The van der Waals surface area contributed by atoms with E-state index in [1.807, 2.05) is 24.3 Å². The van der Waals surface area contributed by atoms with Gasteiger partial charge in [0.05, 0.1) is 39.5 Å². The Balaban J connectivity index is 1.87. The number of nitrogens with zero attached hydrogens (tertiary/aromatic N) is 3. The highest BCUT2D eigenvalue weighted by Gasteiger charge is 2.47. The average molecular weight is 540 g/mol. The molecule has 1 aliphatic rings. The van der Waals surface area contributed by atoms with E-state index in [1.165, 1.54) is 16.2 Å². The molecule has 0 spiro atoms. The first-order valence-corrected chi connectivity index (χ1v) is 13.5. The third-order valence-corrected chi connectivity index (χ3v) is 8.32. The molecule has 1 unspecified atom stereocenters. The van der Waals surface area contributed by atoms with E-state index >= 15 is 0 Å². The molecule has 37 heavy (non-hydrogen) atoms. The summed E-state index contributed by atoms with van der Waals surface area (Å²) in [5, 5.41) is 11.9. The summed E-state index contributed by atoms with van der Waals surface area (Å²) >= 11 is 2.21. The number of anilines is 1. The molecular formula is C27H29N3O5S2. The number of aliphatic hydroxyl groups is 1. The molecule has 0 saturated carbocycles. The predicted octanol–water partition coefficient (Wildman–Crippen LogP) is 5.78. The minimum absolute atomic E-state index is 0.0363. The molecule has 0 saturated heterocycles. The smallest absolute Gasteiger partial charge is 0.350 e. The third-order valence-electron chi connectivity index (χ3n) is 6.11. The zero-order valence-corrected chi connectivity index (χ0v) is 23.5. The second kappa shape index (κ2) is 9.83. The van der Waals surface area contributed by atoms with Crippen LogP contribution in [0.15, 0.2) is 35.6 Å². The summed E-state index contributed by atoms with van der Waals surface area (Å²) in [6.45, 7) is 13.4. The number of aliphatic hydroxyl groups excluding tert-OH is 1. The van der Waals surface area contributed by atoms with E-state index in [-0.39, 0.29) is 27.6 Å². The standard InChI is InChI=1S/C27H29N3O5S2/c1-8-35-25(34)23-14(3)29-26(37-23)30-19(16-9-11-17(12-10-16)27(5,6)7)18(21(32)24(30)33)20(31)22-13(2)28-15(4)36-22/h9-12,19,32H,8H2,1-7H3. The average Bonchev–Trinajstić information content (AvgIpc) is 3.46. The maximum Gasteiger partial charge on any atom is 0.350 e. The quantitative estimate of drug-likeness (QED) is 0.312. The van der Waals surface area contributed by atoms with Gasteiger partial charge in [-0.3, -0.25) is 14.5 Å². The van der Waals surface area contributed by atoms with Crippen LogP contribution in [-0.4, -0.2) is 39.3 Å². The summed E-state index contributed by atoms with van der Waals surface area (Å²) in [5.74, 6) is -2.38. The molecule has 0 aliphatic carbocycles. The molecule has 1 amide bonds. The molecule has 0 bridgehead atoms. The van der Waals surface area contributed by atoms with Gasteiger partial charge in [-0.05, 0) is 44.2 Å². The molecule has 3 heterocycles. The van der Waals surface area contributed by atoms with Crippen molar-refractivity contribution in [3.63, 3.8) is 0 Å². The molecule has 1 atom stereocenters. The molecule has 3 aromatic rings. The van der Waals surface area contributed by atoms with Crippen LogP contribution >= 0.6 is 22.7 Å². The number of rotatable bonds is 6. The molecule has 1 aliphatic heterocycles. The van der Waals surface area contributed by atoms with Crippen LogP contribution in [0.5, 0.6) is 0 Å². The second-order valence-corrected chi connectivity index (χ2v) is 12.0. The number of aryl methyl sites for hydroxylation is 3. The first kappa shape index (κ1) is 26.7. The number of amides is 1. The van der Waals surface area contributed by atoms with E-state index in [0.717, 1.165) is 16.9 Å². The summed E-state index contributed by atoms with van der Waals surface area (Å²) in [6.07, 6.45) is 0. The number of Topliss-reactive ketones (excluding diaryl/α,β-unsaturated/α-hetero) is 1. The van der Waals surface area contributed by atoms with Gasteiger partial charge < -0.3 is 9.84 Å². The Morgan fingerprint density at radius 2 is 1.65 bits per heavy atom. The maximum atomic E-state index is 13.8. The van der Waals surface area contributed by atoms with Crippen LogP contribution in [0.3, 0.4) is 0 Å². The summed E-state index contributed by atoms with van der Waals surface area (Å²) in [4.78, 5) is 50.4. The minimum atomic E-state index is -0.934. The van der Waals surface area contributed by atoms with Crippen molar-refractivity contribution in [2.45, 2.75) is 59.9 Å². The van der Waals surface area contributed by atoms with Gasteiger partial charge in [-0.2, -0.15) is 0 Å². The van der Waals surface area contributed by atoms with Crippen LogP contribution in [-0.2, 0) is 14.9 Å². The number of esters is 1. The molecule has 1 aromatic carbocycles. The van der Waals surface area contributed by atoms with Crippen molar-refractivity contribution < 1.29 is 24.2 Å². The number of thiazole rings is 2. The first-order chi connectivity index (χ1) is 17.3. The molecule has 0 radical (unpaired) electrons. The van der Waals surface area contributed by atoms with E-state index in [2.05, 4.69) is 30.7 Å². The van der Waals surface area contributed by atoms with Crippen molar-refractivity contribution in [2.75, 3.05) is 11.5 Å². The number of carbonyl (C=O) groups excluding carboxylic acids is 3. The van der Waals surface area contributed by atoms with Crippen molar-refractivity contribution in [1.82, 2.24) is 9.97 Å². The largest absolute Gasteiger partial charge is 0.503 e. The van der Waals surface area contributed by atoms with Crippen molar-refractivity contribution in [3.05, 3.63) is 72.9 Å². The minimum Gasteiger partial charge on any atom is -0.503 e. The van der Waals surface area contributed by atoms with E-state index in [9.17, 15) is 19.5 Å². The third kappa shape index (κ3) is 4.83. The molecule has 1 N–H and O–H groups in total. The summed E-state index contributed by atoms with van der Waals surface area (Å²) in [5.41, 5.74) is 2.52. The number of ketones is 1. The van der Waals surface area contributed by atoms with E-state index in [0.29, 0.717) is 26.8 Å². The van der Waals surface area contributed by atoms with Gasteiger partial charge in [0.25, 0.3) is 5.91 Å². The highest BCUT2D eigenvalue weighted by Crippen LogP contribution is 2.44. The van der Waals surface area contributed by atoms with Gasteiger partial charge in [-0.15, -0.1) is 11.3 Å². The van der Waals surface area contributed by atoms with Crippen LogP contribution in [0.25, 0.3) is 0 Å². The van der Waals surface area contributed by atoms with Gasteiger partial charge in [0.2, 0.25) is 5.78 Å². The van der Waals surface area contributed by atoms with E-state index in [4.69, 9.17) is 4.74 Å². The van der Waals surface area contributed by atoms with Gasteiger partial charge in [0.15, 0.2) is 10.9 Å². The first-order valence-electron chi connectivity index (χ1n) is 11.9.